The molecule has 0 saturated heterocycles. The molecule has 2 rings (SSSR count). The first kappa shape index (κ1) is 21.5. The van der Waals surface area contributed by atoms with E-state index in [0.29, 0.717) is 17.1 Å². The van der Waals surface area contributed by atoms with E-state index < -0.39 is 10.0 Å². The smallest absolute Gasteiger partial charge is 0.232 e. The molecule has 0 aliphatic carbocycles. The molecular formula is C19H22Cl2N2O3S. The lowest BCUT2D eigenvalue weighted by atomic mass is 10.1. The first-order valence-electron chi connectivity index (χ1n) is 8.37. The fourth-order valence-corrected chi connectivity index (χ4v) is 4.03. The number of hydrogen-bond acceptors (Lipinski definition) is 3. The number of nitrogens with zero attached hydrogens (tertiary/aromatic N) is 1. The van der Waals surface area contributed by atoms with Crippen LogP contribution in [0.3, 0.4) is 0 Å². The van der Waals surface area contributed by atoms with Gasteiger partial charge in [0.2, 0.25) is 15.9 Å². The molecule has 2 aromatic rings. The lowest BCUT2D eigenvalue weighted by Crippen LogP contribution is -2.31. The summed E-state index contributed by atoms with van der Waals surface area (Å²) >= 11 is 11.9. The SMILES string of the molecule is Cc1cc(C)cc(NC(=O)CCCN(c2ccc(Cl)c(Cl)c2)S(C)(=O)=O)c1. The number of anilines is 2. The van der Waals surface area contributed by atoms with Crippen LogP contribution in [0.2, 0.25) is 10.0 Å². The van der Waals surface area contributed by atoms with Crippen LogP contribution in [0.5, 0.6) is 0 Å². The maximum absolute atomic E-state index is 12.2. The average molecular weight is 429 g/mol. The Bertz CT molecular complexity index is 926. The van der Waals surface area contributed by atoms with E-state index >= 15 is 0 Å². The molecule has 0 unspecified atom stereocenters. The van der Waals surface area contributed by atoms with E-state index in [1.807, 2.05) is 32.0 Å². The van der Waals surface area contributed by atoms with Crippen LogP contribution < -0.4 is 9.62 Å². The van der Waals surface area contributed by atoms with E-state index in [1.54, 1.807) is 12.1 Å². The molecule has 1 N–H and O–H groups in total. The van der Waals surface area contributed by atoms with Crippen molar-refractivity contribution in [2.24, 2.45) is 0 Å². The minimum absolute atomic E-state index is 0.164. The van der Waals surface area contributed by atoms with Crippen LogP contribution in [0.1, 0.15) is 24.0 Å². The van der Waals surface area contributed by atoms with Crippen LogP contribution in [-0.4, -0.2) is 27.1 Å². The molecule has 0 bridgehead atoms. The summed E-state index contributed by atoms with van der Waals surface area (Å²) in [6.07, 6.45) is 1.68. The summed E-state index contributed by atoms with van der Waals surface area (Å²) in [6, 6.07) is 10.4. The summed E-state index contributed by atoms with van der Waals surface area (Å²) in [5.41, 5.74) is 3.28. The van der Waals surface area contributed by atoms with Crippen LogP contribution in [0.25, 0.3) is 0 Å². The zero-order valence-electron chi connectivity index (χ0n) is 15.4. The van der Waals surface area contributed by atoms with Gasteiger partial charge in [0.05, 0.1) is 22.0 Å². The Labute approximate surface area is 170 Å². The molecule has 0 radical (unpaired) electrons. The van der Waals surface area contributed by atoms with E-state index in [4.69, 9.17) is 23.2 Å². The number of nitrogens with one attached hydrogen (secondary N) is 1. The van der Waals surface area contributed by atoms with Gasteiger partial charge in [-0.15, -0.1) is 0 Å². The van der Waals surface area contributed by atoms with Crippen molar-refractivity contribution in [3.05, 3.63) is 57.6 Å². The monoisotopic (exact) mass is 428 g/mol. The molecule has 0 aliphatic rings. The number of carbonyl (C=O) groups is 1. The number of halogens is 2. The highest BCUT2D eigenvalue weighted by Crippen LogP contribution is 2.28. The number of rotatable bonds is 7. The summed E-state index contributed by atoms with van der Waals surface area (Å²) in [4.78, 5) is 12.2. The number of carbonyl (C=O) groups excluding carboxylic acids is 1. The molecule has 0 fully saturated rings. The van der Waals surface area contributed by atoms with Crippen molar-refractivity contribution in [2.45, 2.75) is 26.7 Å². The van der Waals surface area contributed by atoms with Crippen molar-refractivity contribution in [1.82, 2.24) is 0 Å². The van der Waals surface area contributed by atoms with Gasteiger partial charge in [-0.25, -0.2) is 8.42 Å². The second-order valence-electron chi connectivity index (χ2n) is 6.46. The number of hydrogen-bond donors (Lipinski definition) is 1. The molecule has 1 amide bonds. The zero-order valence-corrected chi connectivity index (χ0v) is 17.7. The van der Waals surface area contributed by atoms with Gasteiger partial charge in [-0.2, -0.15) is 0 Å². The van der Waals surface area contributed by atoms with E-state index in [0.717, 1.165) is 23.1 Å². The van der Waals surface area contributed by atoms with Gasteiger partial charge in [-0.1, -0.05) is 29.3 Å². The van der Waals surface area contributed by atoms with Crippen molar-refractivity contribution < 1.29 is 13.2 Å². The van der Waals surface area contributed by atoms with Gasteiger partial charge in [0.1, 0.15) is 0 Å². The minimum Gasteiger partial charge on any atom is -0.326 e. The second kappa shape index (κ2) is 8.95. The van der Waals surface area contributed by atoms with Gasteiger partial charge >= 0.3 is 0 Å². The Morgan fingerprint density at radius 3 is 2.22 bits per heavy atom. The number of sulfonamides is 1. The molecule has 8 heteroatoms. The quantitative estimate of drug-likeness (QED) is 0.688. The van der Waals surface area contributed by atoms with Gasteiger partial charge in [-0.3, -0.25) is 9.10 Å². The van der Waals surface area contributed by atoms with Crippen molar-refractivity contribution in [3.63, 3.8) is 0 Å². The zero-order chi connectivity index (χ0) is 20.2. The highest BCUT2D eigenvalue weighted by atomic mass is 35.5. The fraction of sp³-hybridized carbons (Fsp3) is 0.316. The lowest BCUT2D eigenvalue weighted by molar-refractivity contribution is -0.116. The Kier molecular flexibility index (Phi) is 7.14. The summed E-state index contributed by atoms with van der Waals surface area (Å²) < 4.78 is 25.5. The number of aryl methyl sites for hydroxylation is 2. The maximum Gasteiger partial charge on any atom is 0.232 e. The number of benzene rings is 2. The van der Waals surface area contributed by atoms with Crippen LogP contribution >= 0.6 is 23.2 Å². The molecule has 0 atom stereocenters. The van der Waals surface area contributed by atoms with Gasteiger partial charge in [0.25, 0.3) is 0 Å². The third kappa shape index (κ3) is 6.41. The maximum atomic E-state index is 12.2. The van der Waals surface area contributed by atoms with E-state index in [2.05, 4.69) is 5.32 Å². The standard InChI is InChI=1S/C19H22Cl2N2O3S/c1-13-9-14(2)11-15(10-13)22-19(24)5-4-8-23(27(3,25)26)16-6-7-17(20)18(21)12-16/h6-7,9-12H,4-5,8H2,1-3H3,(H,22,24). The molecule has 0 spiro atoms. The summed E-state index contributed by atoms with van der Waals surface area (Å²) in [5, 5.41) is 3.47. The van der Waals surface area contributed by atoms with Crippen molar-refractivity contribution in [3.8, 4) is 0 Å². The Morgan fingerprint density at radius 1 is 1.04 bits per heavy atom. The third-order valence-corrected chi connectivity index (χ3v) is 5.80. The summed E-state index contributed by atoms with van der Waals surface area (Å²) in [7, 11) is -3.52. The van der Waals surface area contributed by atoms with Crippen LogP contribution in [0.15, 0.2) is 36.4 Å². The Morgan fingerprint density at radius 2 is 1.67 bits per heavy atom. The first-order chi connectivity index (χ1) is 12.6. The van der Waals surface area contributed by atoms with Crippen molar-refractivity contribution in [1.29, 1.82) is 0 Å². The van der Waals surface area contributed by atoms with E-state index in [9.17, 15) is 13.2 Å². The molecule has 27 heavy (non-hydrogen) atoms. The molecule has 5 nitrogen and oxygen atoms in total. The molecule has 0 saturated carbocycles. The summed E-state index contributed by atoms with van der Waals surface area (Å²) in [6.45, 7) is 4.09. The van der Waals surface area contributed by atoms with Crippen LogP contribution in [0, 0.1) is 13.8 Å². The predicted molar refractivity (Wildman–Crippen MR) is 112 cm³/mol. The van der Waals surface area contributed by atoms with E-state index in [1.165, 1.54) is 10.4 Å². The van der Waals surface area contributed by atoms with Gasteiger partial charge in [0.15, 0.2) is 0 Å². The van der Waals surface area contributed by atoms with Crippen LogP contribution in [-0.2, 0) is 14.8 Å². The second-order valence-corrected chi connectivity index (χ2v) is 9.18. The van der Waals surface area contributed by atoms with E-state index in [-0.39, 0.29) is 23.9 Å². The highest BCUT2D eigenvalue weighted by molar-refractivity contribution is 7.92. The average Bonchev–Trinajstić information content (AvgIpc) is 2.52. The van der Waals surface area contributed by atoms with Crippen molar-refractivity contribution in [2.75, 3.05) is 22.4 Å². The fourth-order valence-electron chi connectivity index (χ4n) is 2.78. The van der Waals surface area contributed by atoms with Gasteiger partial charge < -0.3 is 5.32 Å². The van der Waals surface area contributed by atoms with Crippen molar-refractivity contribution >= 4 is 50.5 Å². The topological polar surface area (TPSA) is 66.5 Å². The first-order valence-corrected chi connectivity index (χ1v) is 11.0. The Balaban J connectivity index is 2.01. The van der Waals surface area contributed by atoms with Crippen LogP contribution in [0.4, 0.5) is 11.4 Å². The lowest BCUT2D eigenvalue weighted by Gasteiger charge is -2.22. The molecule has 0 aliphatic heterocycles. The van der Waals surface area contributed by atoms with Gasteiger partial charge in [-0.05, 0) is 61.7 Å². The van der Waals surface area contributed by atoms with Gasteiger partial charge in [0, 0.05) is 18.7 Å². The normalized spacial score (nSPS) is 11.3. The molecular weight excluding hydrogens is 407 g/mol. The number of amides is 1. The third-order valence-electron chi connectivity index (χ3n) is 3.86. The molecule has 2 aromatic carbocycles. The summed E-state index contributed by atoms with van der Waals surface area (Å²) in [5.74, 6) is -0.164. The minimum atomic E-state index is -3.52. The molecule has 0 aromatic heterocycles. The predicted octanol–water partition coefficient (Wildman–Crippen LogP) is 4.80. The molecule has 0 heterocycles. The molecule has 146 valence electrons. The highest BCUT2D eigenvalue weighted by Gasteiger charge is 2.18. The Hall–Kier alpha value is -1.76. The largest absolute Gasteiger partial charge is 0.326 e.